The second-order valence-corrected chi connectivity index (χ2v) is 2.21. The van der Waals surface area contributed by atoms with Gasteiger partial charge in [0, 0.05) is 5.57 Å². The number of rotatable bonds is 2. The Bertz CT molecular complexity index is 240. The van der Waals surface area contributed by atoms with Crippen LogP contribution >= 0.6 is 0 Å². The Morgan fingerprint density at radius 3 is 2.36 bits per heavy atom. The topological polar surface area (TPSA) is 37.3 Å². The molecule has 0 atom stereocenters. The minimum atomic E-state index is -0.878. The van der Waals surface area contributed by atoms with Gasteiger partial charge in [0.25, 0.3) is 0 Å². The van der Waals surface area contributed by atoms with Crippen LogP contribution < -0.4 is 0 Å². The first-order chi connectivity index (χ1) is 5.09. The van der Waals surface area contributed by atoms with E-state index in [1.807, 2.05) is 6.92 Å². The van der Waals surface area contributed by atoms with Gasteiger partial charge in [-0.3, -0.25) is 0 Å². The first-order valence-electron chi connectivity index (χ1n) is 3.37. The number of hydrogen-bond donors (Lipinski definition) is 1. The lowest BCUT2D eigenvalue weighted by Gasteiger charge is -1.94. The quantitative estimate of drug-likeness (QED) is 0.374. The van der Waals surface area contributed by atoms with Gasteiger partial charge < -0.3 is 5.11 Å². The SMILES string of the molecule is CC=C=CC(C)=C(C)C(=O)O. The van der Waals surface area contributed by atoms with Crippen LogP contribution in [-0.2, 0) is 4.79 Å². The molecule has 2 nitrogen and oxygen atoms in total. The zero-order valence-corrected chi connectivity index (χ0v) is 7.01. The van der Waals surface area contributed by atoms with Crippen molar-refractivity contribution in [3.05, 3.63) is 29.0 Å². The van der Waals surface area contributed by atoms with E-state index in [0.29, 0.717) is 5.57 Å². The van der Waals surface area contributed by atoms with Gasteiger partial charge in [-0.2, -0.15) is 0 Å². The number of carboxylic acids is 1. The molecule has 0 aliphatic rings. The maximum atomic E-state index is 10.4. The van der Waals surface area contributed by atoms with Gasteiger partial charge in [-0.25, -0.2) is 4.79 Å². The molecule has 0 aromatic heterocycles. The molecule has 0 aromatic rings. The Balaban J connectivity index is 4.67. The average molecular weight is 152 g/mol. The predicted octanol–water partition coefficient (Wildman–Crippen LogP) is 2.14. The van der Waals surface area contributed by atoms with Gasteiger partial charge in [-0.1, -0.05) is 0 Å². The van der Waals surface area contributed by atoms with Gasteiger partial charge in [0.15, 0.2) is 0 Å². The van der Waals surface area contributed by atoms with E-state index in [1.165, 1.54) is 0 Å². The fourth-order valence-corrected chi connectivity index (χ4v) is 0.485. The Labute approximate surface area is 66.5 Å². The van der Waals surface area contributed by atoms with Crippen LogP contribution in [0.1, 0.15) is 20.8 Å². The van der Waals surface area contributed by atoms with E-state index in [2.05, 4.69) is 5.73 Å². The monoisotopic (exact) mass is 152 g/mol. The molecule has 0 fully saturated rings. The van der Waals surface area contributed by atoms with Crippen LogP contribution in [0.15, 0.2) is 29.0 Å². The van der Waals surface area contributed by atoms with Crippen LogP contribution in [0.25, 0.3) is 0 Å². The molecule has 0 heterocycles. The Hall–Kier alpha value is -1.27. The zero-order valence-electron chi connectivity index (χ0n) is 7.01. The van der Waals surface area contributed by atoms with E-state index in [0.717, 1.165) is 5.57 Å². The molecular formula is C9H12O2. The van der Waals surface area contributed by atoms with E-state index < -0.39 is 5.97 Å². The van der Waals surface area contributed by atoms with E-state index in [-0.39, 0.29) is 0 Å². The summed E-state index contributed by atoms with van der Waals surface area (Å²) in [5.74, 6) is -0.878. The second-order valence-electron chi connectivity index (χ2n) is 2.21. The maximum absolute atomic E-state index is 10.4. The third-order valence-electron chi connectivity index (χ3n) is 1.38. The summed E-state index contributed by atoms with van der Waals surface area (Å²) in [6.45, 7) is 5.16. The summed E-state index contributed by atoms with van der Waals surface area (Å²) in [5, 5.41) is 8.54. The molecule has 11 heavy (non-hydrogen) atoms. The predicted molar refractivity (Wildman–Crippen MR) is 44.3 cm³/mol. The van der Waals surface area contributed by atoms with Crippen molar-refractivity contribution in [2.45, 2.75) is 20.8 Å². The Kier molecular flexibility index (Phi) is 4.01. The maximum Gasteiger partial charge on any atom is 0.331 e. The van der Waals surface area contributed by atoms with Gasteiger partial charge in [0.2, 0.25) is 0 Å². The summed E-state index contributed by atoms with van der Waals surface area (Å²) < 4.78 is 0. The van der Waals surface area contributed by atoms with Crippen molar-refractivity contribution >= 4 is 5.97 Å². The highest BCUT2D eigenvalue weighted by Crippen LogP contribution is 2.03. The summed E-state index contributed by atoms with van der Waals surface area (Å²) >= 11 is 0. The molecule has 0 aromatic carbocycles. The number of hydrogen-bond acceptors (Lipinski definition) is 1. The van der Waals surface area contributed by atoms with Crippen molar-refractivity contribution in [3.8, 4) is 0 Å². The van der Waals surface area contributed by atoms with E-state index in [9.17, 15) is 4.79 Å². The van der Waals surface area contributed by atoms with E-state index in [4.69, 9.17) is 5.11 Å². The van der Waals surface area contributed by atoms with Crippen molar-refractivity contribution in [2.75, 3.05) is 0 Å². The molecule has 0 radical (unpaired) electrons. The fraction of sp³-hybridized carbons (Fsp3) is 0.333. The van der Waals surface area contributed by atoms with Crippen LogP contribution in [0.4, 0.5) is 0 Å². The van der Waals surface area contributed by atoms with Crippen molar-refractivity contribution in [3.63, 3.8) is 0 Å². The molecule has 0 rings (SSSR count). The van der Waals surface area contributed by atoms with Crippen LogP contribution in [0.5, 0.6) is 0 Å². The van der Waals surface area contributed by atoms with Gasteiger partial charge in [-0.05, 0) is 38.5 Å². The van der Waals surface area contributed by atoms with Crippen molar-refractivity contribution in [2.24, 2.45) is 0 Å². The van der Waals surface area contributed by atoms with Crippen molar-refractivity contribution in [1.29, 1.82) is 0 Å². The molecule has 0 unspecified atom stereocenters. The largest absolute Gasteiger partial charge is 0.478 e. The summed E-state index contributed by atoms with van der Waals surface area (Å²) in [6, 6.07) is 0. The molecular weight excluding hydrogens is 140 g/mol. The van der Waals surface area contributed by atoms with E-state index >= 15 is 0 Å². The summed E-state index contributed by atoms with van der Waals surface area (Å²) in [5.41, 5.74) is 3.91. The average Bonchev–Trinajstić information content (AvgIpc) is 1.98. The third kappa shape index (κ3) is 3.43. The normalized spacial score (nSPS) is 11.2. The highest BCUT2D eigenvalue weighted by atomic mass is 16.4. The smallest absolute Gasteiger partial charge is 0.331 e. The van der Waals surface area contributed by atoms with Crippen LogP contribution in [0.2, 0.25) is 0 Å². The van der Waals surface area contributed by atoms with Crippen LogP contribution in [0.3, 0.4) is 0 Å². The summed E-state index contributed by atoms with van der Waals surface area (Å²) in [4.78, 5) is 10.4. The molecule has 0 saturated carbocycles. The second kappa shape index (κ2) is 4.53. The van der Waals surface area contributed by atoms with Gasteiger partial charge >= 0.3 is 5.97 Å². The van der Waals surface area contributed by atoms with Gasteiger partial charge in [0.05, 0.1) is 0 Å². The molecule has 0 aliphatic heterocycles. The first-order valence-corrected chi connectivity index (χ1v) is 3.37. The standard InChI is InChI=1S/C9H12O2/c1-4-5-6-7(2)8(3)9(10)11/h4,6H,1-3H3,(H,10,11). The highest BCUT2D eigenvalue weighted by molar-refractivity contribution is 5.87. The molecule has 0 spiro atoms. The summed E-state index contributed by atoms with van der Waals surface area (Å²) in [6.07, 6.45) is 3.39. The molecule has 2 heteroatoms. The van der Waals surface area contributed by atoms with Crippen LogP contribution in [0, 0.1) is 0 Å². The molecule has 0 amide bonds. The Morgan fingerprint density at radius 1 is 1.45 bits per heavy atom. The Morgan fingerprint density at radius 2 is 2.00 bits per heavy atom. The lowest BCUT2D eigenvalue weighted by molar-refractivity contribution is -0.132. The van der Waals surface area contributed by atoms with Crippen molar-refractivity contribution < 1.29 is 9.90 Å². The van der Waals surface area contributed by atoms with Gasteiger partial charge in [0.1, 0.15) is 0 Å². The molecule has 0 aliphatic carbocycles. The molecule has 60 valence electrons. The van der Waals surface area contributed by atoms with Crippen molar-refractivity contribution in [1.82, 2.24) is 0 Å². The fourth-order valence-electron chi connectivity index (χ4n) is 0.485. The minimum absolute atomic E-state index is 0.361. The lowest BCUT2D eigenvalue weighted by atomic mass is 10.1. The molecule has 0 bridgehead atoms. The van der Waals surface area contributed by atoms with Gasteiger partial charge in [-0.15, -0.1) is 5.73 Å². The minimum Gasteiger partial charge on any atom is -0.478 e. The number of aliphatic carboxylic acids is 1. The number of allylic oxidation sites excluding steroid dienone is 2. The summed E-state index contributed by atoms with van der Waals surface area (Å²) in [7, 11) is 0. The highest BCUT2D eigenvalue weighted by Gasteiger charge is 2.01. The molecule has 0 saturated heterocycles. The van der Waals surface area contributed by atoms with E-state index in [1.54, 1.807) is 26.0 Å². The molecule has 1 N–H and O–H groups in total. The third-order valence-corrected chi connectivity index (χ3v) is 1.38. The number of carboxylic acid groups (broad SMARTS) is 1. The lowest BCUT2D eigenvalue weighted by Crippen LogP contribution is -1.97. The first kappa shape index (κ1) is 9.73. The van der Waals surface area contributed by atoms with Crippen LogP contribution in [-0.4, -0.2) is 11.1 Å². The number of carbonyl (C=O) groups is 1. The zero-order chi connectivity index (χ0) is 8.85.